The van der Waals surface area contributed by atoms with Crippen molar-refractivity contribution in [1.29, 1.82) is 0 Å². The van der Waals surface area contributed by atoms with Crippen LogP contribution in [0.15, 0.2) is 82.5 Å². The molecule has 2 heterocycles. The molecule has 1 saturated heterocycles. The van der Waals surface area contributed by atoms with Gasteiger partial charge in [0.25, 0.3) is 5.56 Å². The number of hydrogen-bond acceptors (Lipinski definition) is 10. The van der Waals surface area contributed by atoms with Crippen molar-refractivity contribution in [3.63, 3.8) is 0 Å². The molecule has 15 heteroatoms. The molecule has 0 radical (unpaired) electrons. The van der Waals surface area contributed by atoms with E-state index in [9.17, 15) is 28.8 Å². The second kappa shape index (κ2) is 15.1. The van der Waals surface area contributed by atoms with Gasteiger partial charge in [-0.3, -0.25) is 28.5 Å². The van der Waals surface area contributed by atoms with E-state index in [1.54, 1.807) is 19.9 Å². The number of ketones is 1. The minimum absolute atomic E-state index is 0.00684. The number of esters is 1. The first-order chi connectivity index (χ1) is 22.2. The number of carbonyl (C=O) groups is 2. The van der Waals surface area contributed by atoms with Crippen LogP contribution in [0.5, 0.6) is 5.75 Å². The zero-order valence-corrected chi connectivity index (χ0v) is 27.1. The molecule has 3 N–H and O–H groups in total. The van der Waals surface area contributed by atoms with E-state index in [1.165, 1.54) is 43.5 Å². The molecule has 1 fully saturated rings. The highest BCUT2D eigenvalue weighted by molar-refractivity contribution is 7.52. The Morgan fingerprint density at radius 2 is 1.81 bits per heavy atom. The molecule has 4 rings (SSSR count). The number of rotatable bonds is 14. The third-order valence-electron chi connectivity index (χ3n) is 7.22. The summed E-state index contributed by atoms with van der Waals surface area (Å²) in [6.07, 6.45) is -0.733. The van der Waals surface area contributed by atoms with Crippen LogP contribution in [0.25, 0.3) is 6.08 Å². The molecule has 3 aromatic rings. The minimum atomic E-state index is -4.46. The zero-order valence-electron chi connectivity index (χ0n) is 26.2. The van der Waals surface area contributed by atoms with Crippen LogP contribution >= 0.6 is 7.75 Å². The van der Waals surface area contributed by atoms with Gasteiger partial charge in [-0.15, -0.1) is 0 Å². The number of allylic oxidation sites excluding steroid dienone is 1. The molecule has 6 atom stereocenters. The van der Waals surface area contributed by atoms with E-state index in [-0.39, 0.29) is 18.1 Å². The maximum atomic E-state index is 15.6. The zero-order chi connectivity index (χ0) is 34.4. The lowest BCUT2D eigenvalue weighted by molar-refractivity contribution is -0.149. The van der Waals surface area contributed by atoms with Crippen molar-refractivity contribution in [2.45, 2.75) is 70.4 Å². The fourth-order valence-electron chi connectivity index (χ4n) is 4.63. The van der Waals surface area contributed by atoms with Crippen molar-refractivity contribution in [3.05, 3.63) is 105 Å². The Morgan fingerprint density at radius 3 is 2.45 bits per heavy atom. The van der Waals surface area contributed by atoms with Gasteiger partial charge in [-0.2, -0.15) is 5.09 Å². The monoisotopic (exact) mass is 673 g/mol. The summed E-state index contributed by atoms with van der Waals surface area (Å²) in [5, 5.41) is 13.2. The van der Waals surface area contributed by atoms with E-state index in [0.717, 1.165) is 23.1 Å². The summed E-state index contributed by atoms with van der Waals surface area (Å²) in [6.45, 7) is 4.72. The van der Waals surface area contributed by atoms with Gasteiger partial charge in [-0.05, 0) is 63.6 Å². The van der Waals surface area contributed by atoms with E-state index in [2.05, 4.69) is 10.1 Å². The Hall–Kier alpha value is -4.20. The predicted octanol–water partition coefficient (Wildman–Crippen LogP) is 3.42. The van der Waals surface area contributed by atoms with Gasteiger partial charge >= 0.3 is 19.4 Å². The second-order valence-corrected chi connectivity index (χ2v) is 13.1. The third-order valence-corrected chi connectivity index (χ3v) is 8.86. The highest BCUT2D eigenvalue weighted by atomic mass is 31.2. The van der Waals surface area contributed by atoms with Crippen LogP contribution in [-0.4, -0.2) is 69.1 Å². The van der Waals surface area contributed by atoms with Crippen molar-refractivity contribution in [2.24, 2.45) is 0 Å². The van der Waals surface area contributed by atoms with Crippen LogP contribution in [0.3, 0.4) is 0 Å². The SMILES string of the molecule is CC(C)OC(=O)[C@H](C)NP(=O)(OC[C@H]1O[C@@H](Cn2ccc(=O)[nH]c2=O)[C@](C)(F)[C@@H]1O)Oc1ccc(C(=O)/C=C/c2ccccc2)cc1. The first-order valence-corrected chi connectivity index (χ1v) is 16.3. The molecule has 0 saturated carbocycles. The highest BCUT2D eigenvalue weighted by Crippen LogP contribution is 2.46. The van der Waals surface area contributed by atoms with Gasteiger partial charge in [-0.25, -0.2) is 13.8 Å². The number of carbonyl (C=O) groups excluding carboxylic acids is 2. The van der Waals surface area contributed by atoms with E-state index in [1.807, 2.05) is 30.3 Å². The molecule has 13 nitrogen and oxygen atoms in total. The van der Waals surface area contributed by atoms with Gasteiger partial charge in [0.05, 0.1) is 19.3 Å². The van der Waals surface area contributed by atoms with Crippen LogP contribution in [0, 0.1) is 0 Å². The minimum Gasteiger partial charge on any atom is -0.462 e. The largest absolute Gasteiger partial charge is 0.462 e. The fraction of sp³-hybridized carbons (Fsp3) is 0.375. The topological polar surface area (TPSA) is 175 Å². The molecule has 0 aliphatic carbocycles. The molecule has 252 valence electrons. The van der Waals surface area contributed by atoms with Gasteiger partial charge in [-0.1, -0.05) is 36.4 Å². The summed E-state index contributed by atoms with van der Waals surface area (Å²) < 4.78 is 52.7. The number of nitrogens with one attached hydrogen (secondary N) is 2. The number of nitrogens with zero attached hydrogens (tertiary/aromatic N) is 1. The molecule has 1 aliphatic heterocycles. The lowest BCUT2D eigenvalue weighted by Gasteiger charge is -2.25. The van der Waals surface area contributed by atoms with Crippen LogP contribution in [0.2, 0.25) is 0 Å². The van der Waals surface area contributed by atoms with Gasteiger partial charge in [0.15, 0.2) is 11.5 Å². The molecule has 1 aromatic heterocycles. The Balaban J connectivity index is 1.49. The van der Waals surface area contributed by atoms with Crippen molar-refractivity contribution in [1.82, 2.24) is 14.6 Å². The standard InChI is InChI=1S/C32H37FN3O10P/c1-20(2)44-30(40)21(3)35-47(42,46-24-13-11-23(12-14-24)25(37)15-10-22-8-6-5-7-9-22)43-19-26-29(39)32(4,33)27(45-26)18-36-17-16-28(38)34-31(36)41/h5-17,20-21,26-27,29,39H,18-19H2,1-4H3,(H,35,42)(H,34,38,41)/b15-10+/t21-,26+,27-,29+,32-,47?/m0/s1. The van der Waals surface area contributed by atoms with Crippen LogP contribution in [0.1, 0.15) is 43.6 Å². The molecule has 1 aliphatic rings. The van der Waals surface area contributed by atoms with Crippen molar-refractivity contribution in [3.8, 4) is 5.75 Å². The predicted molar refractivity (Wildman–Crippen MR) is 170 cm³/mol. The van der Waals surface area contributed by atoms with Crippen LogP contribution in [-0.2, 0) is 29.9 Å². The summed E-state index contributed by atoms with van der Waals surface area (Å²) >= 11 is 0. The maximum absolute atomic E-state index is 15.6. The molecule has 47 heavy (non-hydrogen) atoms. The lowest BCUT2D eigenvalue weighted by atomic mass is 9.95. The smallest absolute Gasteiger partial charge is 0.459 e. The van der Waals surface area contributed by atoms with Crippen molar-refractivity contribution in [2.75, 3.05) is 6.61 Å². The number of benzene rings is 2. The first-order valence-electron chi connectivity index (χ1n) is 14.8. The normalized spacial score (nSPS) is 23.0. The number of aliphatic hydroxyl groups excluding tert-OH is 1. The summed E-state index contributed by atoms with van der Waals surface area (Å²) in [5.74, 6) is -1.03. The Kier molecular flexibility index (Phi) is 11.5. The van der Waals surface area contributed by atoms with E-state index in [4.69, 9.17) is 18.5 Å². The summed E-state index contributed by atoms with van der Waals surface area (Å²) in [4.78, 5) is 50.7. The number of hydrogen-bond donors (Lipinski definition) is 3. The summed E-state index contributed by atoms with van der Waals surface area (Å²) in [6, 6.07) is 14.8. The lowest BCUT2D eigenvalue weighted by Crippen LogP contribution is -2.45. The van der Waals surface area contributed by atoms with Gasteiger partial charge < -0.3 is 19.1 Å². The Labute approximate surface area is 269 Å². The number of aliphatic hydroxyl groups is 1. The van der Waals surface area contributed by atoms with Crippen molar-refractivity contribution < 1.29 is 42.2 Å². The molecular weight excluding hydrogens is 636 g/mol. The van der Waals surface area contributed by atoms with E-state index < -0.39 is 67.7 Å². The van der Waals surface area contributed by atoms with Gasteiger partial charge in [0, 0.05) is 17.8 Å². The average molecular weight is 674 g/mol. The van der Waals surface area contributed by atoms with Crippen molar-refractivity contribution >= 4 is 25.6 Å². The molecular formula is C32H37FN3O10P. The number of halogens is 1. The molecule has 1 unspecified atom stereocenters. The molecule has 0 spiro atoms. The van der Waals surface area contributed by atoms with Crippen LogP contribution < -0.4 is 20.9 Å². The molecule has 0 bridgehead atoms. The molecule has 2 aromatic carbocycles. The quantitative estimate of drug-likeness (QED) is 0.0990. The highest BCUT2D eigenvalue weighted by Gasteiger charge is 2.54. The van der Waals surface area contributed by atoms with Gasteiger partial charge in [0.2, 0.25) is 0 Å². The first kappa shape index (κ1) is 35.7. The fourth-order valence-corrected chi connectivity index (χ4v) is 6.13. The second-order valence-electron chi connectivity index (χ2n) is 11.4. The van der Waals surface area contributed by atoms with E-state index in [0.29, 0.717) is 5.56 Å². The van der Waals surface area contributed by atoms with E-state index >= 15 is 4.39 Å². The maximum Gasteiger partial charge on any atom is 0.459 e. The summed E-state index contributed by atoms with van der Waals surface area (Å²) in [5.41, 5.74) is -2.65. The molecule has 0 amide bonds. The average Bonchev–Trinajstić information content (AvgIpc) is 3.23. The van der Waals surface area contributed by atoms with Gasteiger partial charge in [0.1, 0.15) is 30.1 Å². The number of aromatic nitrogens is 2. The van der Waals surface area contributed by atoms with Crippen LogP contribution in [0.4, 0.5) is 4.39 Å². The third kappa shape index (κ3) is 9.43. The Morgan fingerprint density at radius 1 is 1.13 bits per heavy atom. The number of alkyl halides is 1. The number of H-pyrrole nitrogens is 1. The Bertz CT molecular complexity index is 1740. The number of ether oxygens (including phenoxy) is 2. The number of aromatic amines is 1. The summed E-state index contributed by atoms with van der Waals surface area (Å²) in [7, 11) is -4.46.